The molecule has 5 nitrogen and oxygen atoms in total. The first-order chi connectivity index (χ1) is 13.8. The quantitative estimate of drug-likeness (QED) is 0.851. The zero-order valence-electron chi connectivity index (χ0n) is 15.5. The van der Waals surface area contributed by atoms with Crippen LogP contribution < -0.4 is 5.32 Å². The third-order valence-corrected chi connectivity index (χ3v) is 5.68. The lowest BCUT2D eigenvalue weighted by molar-refractivity contribution is -0.137. The van der Waals surface area contributed by atoms with E-state index in [-0.39, 0.29) is 35.5 Å². The largest absolute Gasteiger partial charge is 0.416 e. The molecule has 1 aromatic carbocycles. The van der Waals surface area contributed by atoms with Crippen LogP contribution in [0.5, 0.6) is 0 Å². The Labute approximate surface area is 165 Å². The molecule has 2 bridgehead atoms. The molecule has 0 saturated carbocycles. The smallest absolute Gasteiger partial charge is 0.349 e. The van der Waals surface area contributed by atoms with Gasteiger partial charge in [-0.3, -0.25) is 14.6 Å². The number of pyridine rings is 1. The summed E-state index contributed by atoms with van der Waals surface area (Å²) in [5.41, 5.74) is -0.249. The molecule has 2 saturated heterocycles. The number of nitrogens with zero attached hydrogens (tertiary/aromatic N) is 2. The van der Waals surface area contributed by atoms with E-state index in [1.54, 1.807) is 29.4 Å². The second-order valence-corrected chi connectivity index (χ2v) is 7.55. The summed E-state index contributed by atoms with van der Waals surface area (Å²) in [7, 11) is 0. The lowest BCUT2D eigenvalue weighted by atomic mass is 9.95. The van der Waals surface area contributed by atoms with Crippen LogP contribution in [-0.2, 0) is 6.18 Å². The highest BCUT2D eigenvalue weighted by molar-refractivity contribution is 5.95. The summed E-state index contributed by atoms with van der Waals surface area (Å²) in [5, 5.41) is 3.01. The number of amides is 2. The molecular formula is C21H20F3N3O2. The Hall–Kier alpha value is -2.90. The highest BCUT2D eigenvalue weighted by atomic mass is 19.4. The molecule has 4 rings (SSSR count). The van der Waals surface area contributed by atoms with Crippen LogP contribution in [0.25, 0.3) is 0 Å². The molecule has 0 radical (unpaired) electrons. The van der Waals surface area contributed by atoms with Crippen molar-refractivity contribution >= 4 is 11.8 Å². The molecule has 29 heavy (non-hydrogen) atoms. The molecule has 1 N–H and O–H groups in total. The summed E-state index contributed by atoms with van der Waals surface area (Å²) in [6.45, 7) is 0. The van der Waals surface area contributed by atoms with Crippen LogP contribution in [-0.4, -0.2) is 39.8 Å². The van der Waals surface area contributed by atoms with Gasteiger partial charge in [-0.1, -0.05) is 6.07 Å². The van der Waals surface area contributed by atoms with Gasteiger partial charge in [-0.2, -0.15) is 13.2 Å². The molecule has 3 atom stereocenters. The van der Waals surface area contributed by atoms with E-state index in [2.05, 4.69) is 10.3 Å². The minimum Gasteiger partial charge on any atom is -0.349 e. The zero-order valence-corrected chi connectivity index (χ0v) is 15.5. The maximum atomic E-state index is 13.0. The zero-order chi connectivity index (χ0) is 20.6. The standard InChI is InChI=1S/C21H20F3N3O2/c22-21(23,24)15-3-1-2-14(10-15)20(29)27-17-4-5-18(27)12-16(11-17)26-19(28)13-6-8-25-9-7-13/h1-3,6-10,16-18H,4-5,11-12H2,(H,26,28)/t16?,17-,18+. The fraction of sp³-hybridized carbons (Fsp3) is 0.381. The van der Waals surface area contributed by atoms with E-state index in [0.717, 1.165) is 25.0 Å². The van der Waals surface area contributed by atoms with Crippen molar-refractivity contribution in [3.05, 3.63) is 65.5 Å². The molecule has 2 aromatic rings. The fourth-order valence-corrected chi connectivity index (χ4v) is 4.38. The molecule has 0 aliphatic carbocycles. The molecule has 3 heterocycles. The maximum Gasteiger partial charge on any atom is 0.416 e. The topological polar surface area (TPSA) is 62.3 Å². The molecule has 1 aromatic heterocycles. The van der Waals surface area contributed by atoms with Crippen molar-refractivity contribution in [3.63, 3.8) is 0 Å². The molecule has 2 aliphatic rings. The van der Waals surface area contributed by atoms with Crippen molar-refractivity contribution in [2.24, 2.45) is 0 Å². The van der Waals surface area contributed by atoms with Crippen LogP contribution in [0.4, 0.5) is 13.2 Å². The first kappa shape index (κ1) is 19.4. The lowest BCUT2D eigenvalue weighted by Gasteiger charge is -2.39. The summed E-state index contributed by atoms with van der Waals surface area (Å²) in [5.74, 6) is -0.558. The van der Waals surface area contributed by atoms with Gasteiger partial charge < -0.3 is 10.2 Å². The van der Waals surface area contributed by atoms with Gasteiger partial charge in [0.25, 0.3) is 11.8 Å². The Morgan fingerprint density at radius 1 is 1.00 bits per heavy atom. The number of aromatic nitrogens is 1. The third kappa shape index (κ3) is 3.97. The first-order valence-electron chi connectivity index (χ1n) is 9.54. The van der Waals surface area contributed by atoms with E-state index in [4.69, 9.17) is 0 Å². The number of nitrogens with one attached hydrogen (secondary N) is 1. The third-order valence-electron chi connectivity index (χ3n) is 5.68. The van der Waals surface area contributed by atoms with Crippen LogP contribution in [0, 0.1) is 0 Å². The summed E-state index contributed by atoms with van der Waals surface area (Å²) < 4.78 is 38.9. The number of carbonyl (C=O) groups excluding carboxylic acids is 2. The molecule has 0 spiro atoms. The fourth-order valence-electron chi connectivity index (χ4n) is 4.38. The molecule has 1 unspecified atom stereocenters. The van der Waals surface area contributed by atoms with Crippen molar-refractivity contribution in [2.75, 3.05) is 0 Å². The van der Waals surface area contributed by atoms with E-state index < -0.39 is 11.7 Å². The number of rotatable bonds is 3. The highest BCUT2D eigenvalue weighted by Gasteiger charge is 2.44. The molecule has 8 heteroatoms. The van der Waals surface area contributed by atoms with Crippen molar-refractivity contribution in [1.82, 2.24) is 15.2 Å². The van der Waals surface area contributed by atoms with E-state index in [0.29, 0.717) is 18.4 Å². The van der Waals surface area contributed by atoms with Crippen LogP contribution in [0.2, 0.25) is 0 Å². The SMILES string of the molecule is O=C(NC1C[C@H]2CC[C@@H](C1)N2C(=O)c1cccc(C(F)(F)F)c1)c1ccncc1. The predicted molar refractivity (Wildman–Crippen MR) is 99.1 cm³/mol. The van der Waals surface area contributed by atoms with Gasteiger partial charge in [-0.25, -0.2) is 0 Å². The summed E-state index contributed by atoms with van der Waals surface area (Å²) >= 11 is 0. The monoisotopic (exact) mass is 403 g/mol. The average Bonchev–Trinajstić information content (AvgIpc) is 2.98. The average molecular weight is 403 g/mol. The predicted octanol–water partition coefficient (Wildman–Crippen LogP) is 3.67. The van der Waals surface area contributed by atoms with Crippen molar-refractivity contribution < 1.29 is 22.8 Å². The molecule has 2 aliphatic heterocycles. The van der Waals surface area contributed by atoms with Crippen molar-refractivity contribution in [1.29, 1.82) is 0 Å². The minimum atomic E-state index is -4.49. The summed E-state index contributed by atoms with van der Waals surface area (Å²) in [6, 6.07) is 7.60. The van der Waals surface area contributed by atoms with Gasteiger partial charge in [0.15, 0.2) is 0 Å². The van der Waals surface area contributed by atoms with Gasteiger partial charge >= 0.3 is 6.18 Å². The Bertz CT molecular complexity index is 903. The number of carbonyl (C=O) groups is 2. The number of fused-ring (bicyclic) bond motifs is 2. The first-order valence-corrected chi connectivity index (χ1v) is 9.54. The number of benzene rings is 1. The maximum absolute atomic E-state index is 13.0. The van der Waals surface area contributed by atoms with Gasteiger partial charge in [-0.05, 0) is 56.0 Å². The van der Waals surface area contributed by atoms with Crippen LogP contribution in [0.1, 0.15) is 52.0 Å². The lowest BCUT2D eigenvalue weighted by Crippen LogP contribution is -2.52. The van der Waals surface area contributed by atoms with Crippen molar-refractivity contribution in [3.8, 4) is 0 Å². The molecular weight excluding hydrogens is 383 g/mol. The Morgan fingerprint density at radius 3 is 2.28 bits per heavy atom. The molecule has 152 valence electrons. The van der Waals surface area contributed by atoms with Gasteiger partial charge in [0.2, 0.25) is 0 Å². The minimum absolute atomic E-state index is 0.0518. The van der Waals surface area contributed by atoms with Gasteiger partial charge in [0.1, 0.15) is 0 Å². The second kappa shape index (κ2) is 7.50. The summed E-state index contributed by atoms with van der Waals surface area (Å²) in [4.78, 5) is 30.9. The Morgan fingerprint density at radius 2 is 1.66 bits per heavy atom. The normalized spacial score (nSPS) is 23.7. The Balaban J connectivity index is 1.46. The number of halogens is 3. The number of piperidine rings is 1. The van der Waals surface area contributed by atoms with E-state index in [9.17, 15) is 22.8 Å². The van der Waals surface area contributed by atoms with Gasteiger partial charge in [0.05, 0.1) is 5.56 Å². The number of alkyl halides is 3. The van der Waals surface area contributed by atoms with Gasteiger partial charge in [0, 0.05) is 41.6 Å². The van der Waals surface area contributed by atoms with Crippen LogP contribution in [0.15, 0.2) is 48.8 Å². The number of hydrogen-bond donors (Lipinski definition) is 1. The van der Waals surface area contributed by atoms with Crippen LogP contribution >= 0.6 is 0 Å². The van der Waals surface area contributed by atoms with E-state index >= 15 is 0 Å². The summed E-state index contributed by atoms with van der Waals surface area (Å²) in [6.07, 6.45) is 1.38. The van der Waals surface area contributed by atoms with Crippen molar-refractivity contribution in [2.45, 2.75) is 50.0 Å². The van der Waals surface area contributed by atoms with E-state index in [1.165, 1.54) is 12.1 Å². The second-order valence-electron chi connectivity index (χ2n) is 7.55. The Kier molecular flexibility index (Phi) is 5.02. The molecule has 2 fully saturated rings. The molecule has 2 amide bonds. The number of hydrogen-bond acceptors (Lipinski definition) is 3. The van der Waals surface area contributed by atoms with Crippen LogP contribution in [0.3, 0.4) is 0 Å². The van der Waals surface area contributed by atoms with E-state index in [1.807, 2.05) is 0 Å². The highest BCUT2D eigenvalue weighted by Crippen LogP contribution is 2.37. The van der Waals surface area contributed by atoms with Gasteiger partial charge in [-0.15, -0.1) is 0 Å².